The average molecular weight is 237 g/mol. The number of carbonyl (C=O) groups is 1. The first-order valence-electron chi connectivity index (χ1n) is 5.73. The van der Waals surface area contributed by atoms with Crippen LogP contribution in [0.5, 0.6) is 5.75 Å². The maximum absolute atomic E-state index is 11.9. The van der Waals surface area contributed by atoms with Crippen molar-refractivity contribution in [2.24, 2.45) is 0 Å². The molecule has 0 aromatic heterocycles. The molecule has 1 rings (SSSR count). The predicted octanol–water partition coefficient (Wildman–Crippen LogP) is 3.07. The molecular formula is C13H19NO3. The number of hydrogen-bond donors (Lipinski definition) is 1. The molecule has 0 bridgehead atoms. The smallest absolute Gasteiger partial charge is 0.414 e. The van der Waals surface area contributed by atoms with Gasteiger partial charge in [0.1, 0.15) is 5.75 Å². The van der Waals surface area contributed by atoms with Crippen LogP contribution in [0.25, 0.3) is 0 Å². The van der Waals surface area contributed by atoms with Crippen molar-refractivity contribution < 1.29 is 14.6 Å². The van der Waals surface area contributed by atoms with Crippen LogP contribution < -0.4 is 4.90 Å². The number of carbonyl (C=O) groups excluding carboxylic acids is 1. The second-order valence-corrected chi connectivity index (χ2v) is 4.15. The van der Waals surface area contributed by atoms with Crippen molar-refractivity contribution in [2.75, 3.05) is 11.4 Å². The zero-order valence-corrected chi connectivity index (χ0v) is 10.7. The molecule has 94 valence electrons. The number of aromatic hydroxyl groups is 1. The van der Waals surface area contributed by atoms with Gasteiger partial charge in [0.2, 0.25) is 0 Å². The summed E-state index contributed by atoms with van der Waals surface area (Å²) in [4.78, 5) is 13.4. The van der Waals surface area contributed by atoms with Crippen LogP contribution in [-0.4, -0.2) is 23.8 Å². The molecule has 1 aromatic carbocycles. The molecule has 0 saturated heterocycles. The van der Waals surface area contributed by atoms with E-state index in [0.717, 1.165) is 5.56 Å². The van der Waals surface area contributed by atoms with Crippen molar-refractivity contribution in [3.8, 4) is 5.75 Å². The highest BCUT2D eigenvalue weighted by molar-refractivity contribution is 5.88. The van der Waals surface area contributed by atoms with Gasteiger partial charge >= 0.3 is 6.09 Å². The minimum Gasteiger partial charge on any atom is -0.508 e. The van der Waals surface area contributed by atoms with Crippen LogP contribution in [0.4, 0.5) is 10.5 Å². The molecule has 0 aliphatic carbocycles. The number of benzene rings is 1. The van der Waals surface area contributed by atoms with Crippen LogP contribution in [0.3, 0.4) is 0 Å². The molecule has 1 aromatic rings. The Bertz CT molecular complexity index is 402. The molecule has 0 atom stereocenters. The maximum atomic E-state index is 11.9. The van der Waals surface area contributed by atoms with Gasteiger partial charge < -0.3 is 9.84 Å². The summed E-state index contributed by atoms with van der Waals surface area (Å²) < 4.78 is 5.16. The summed E-state index contributed by atoms with van der Waals surface area (Å²) in [7, 11) is 0. The number of amides is 1. The SMILES string of the molecule is CCN(C(=O)OC(C)C)c1cc(O)ccc1C. The van der Waals surface area contributed by atoms with Crippen LogP contribution >= 0.6 is 0 Å². The predicted molar refractivity (Wildman–Crippen MR) is 67.5 cm³/mol. The fourth-order valence-corrected chi connectivity index (χ4v) is 1.55. The molecule has 0 aliphatic rings. The first-order valence-corrected chi connectivity index (χ1v) is 5.73. The van der Waals surface area contributed by atoms with Crippen LogP contribution in [0, 0.1) is 6.92 Å². The van der Waals surface area contributed by atoms with E-state index in [0.29, 0.717) is 12.2 Å². The standard InChI is InChI=1S/C13H19NO3/c1-5-14(13(16)17-9(2)3)12-8-11(15)7-6-10(12)4/h6-9,15H,5H2,1-4H3. The average Bonchev–Trinajstić information content (AvgIpc) is 2.23. The first kappa shape index (κ1) is 13.4. The van der Waals surface area contributed by atoms with E-state index < -0.39 is 6.09 Å². The van der Waals surface area contributed by atoms with Crippen molar-refractivity contribution in [3.05, 3.63) is 23.8 Å². The molecule has 1 N–H and O–H groups in total. The second kappa shape index (κ2) is 5.57. The second-order valence-electron chi connectivity index (χ2n) is 4.15. The highest BCUT2D eigenvalue weighted by Crippen LogP contribution is 2.25. The van der Waals surface area contributed by atoms with E-state index in [1.165, 1.54) is 4.90 Å². The monoisotopic (exact) mass is 237 g/mol. The molecule has 0 unspecified atom stereocenters. The highest BCUT2D eigenvalue weighted by atomic mass is 16.6. The van der Waals surface area contributed by atoms with E-state index in [-0.39, 0.29) is 11.9 Å². The third-order valence-corrected chi connectivity index (χ3v) is 2.36. The number of phenolic OH excluding ortho intramolecular Hbond substituents is 1. The lowest BCUT2D eigenvalue weighted by molar-refractivity contribution is 0.123. The molecule has 0 heterocycles. The van der Waals surface area contributed by atoms with Gasteiger partial charge in [-0.15, -0.1) is 0 Å². The Morgan fingerprint density at radius 3 is 2.65 bits per heavy atom. The van der Waals surface area contributed by atoms with Crippen LogP contribution in [0.2, 0.25) is 0 Å². The van der Waals surface area contributed by atoms with Gasteiger partial charge in [-0.05, 0) is 39.3 Å². The minimum atomic E-state index is -0.392. The van der Waals surface area contributed by atoms with Crippen molar-refractivity contribution >= 4 is 11.8 Å². The minimum absolute atomic E-state index is 0.140. The highest BCUT2D eigenvalue weighted by Gasteiger charge is 2.18. The third kappa shape index (κ3) is 3.37. The van der Waals surface area contributed by atoms with Crippen molar-refractivity contribution in [2.45, 2.75) is 33.8 Å². The Kier molecular flexibility index (Phi) is 4.37. The number of rotatable bonds is 3. The largest absolute Gasteiger partial charge is 0.508 e. The van der Waals surface area contributed by atoms with Crippen molar-refractivity contribution in [1.82, 2.24) is 0 Å². The fraction of sp³-hybridized carbons (Fsp3) is 0.462. The summed E-state index contributed by atoms with van der Waals surface area (Å²) in [5.41, 5.74) is 1.60. The fourth-order valence-electron chi connectivity index (χ4n) is 1.55. The summed E-state index contributed by atoms with van der Waals surface area (Å²) >= 11 is 0. The Morgan fingerprint density at radius 1 is 1.47 bits per heavy atom. The number of anilines is 1. The molecule has 4 nitrogen and oxygen atoms in total. The van der Waals surface area contributed by atoms with E-state index >= 15 is 0 Å². The third-order valence-electron chi connectivity index (χ3n) is 2.36. The number of ether oxygens (including phenoxy) is 1. The molecular weight excluding hydrogens is 218 g/mol. The van der Waals surface area contributed by atoms with Gasteiger partial charge in [0, 0.05) is 12.6 Å². The zero-order valence-electron chi connectivity index (χ0n) is 10.7. The molecule has 4 heteroatoms. The van der Waals surface area contributed by atoms with Crippen molar-refractivity contribution in [3.63, 3.8) is 0 Å². The Morgan fingerprint density at radius 2 is 2.12 bits per heavy atom. The molecule has 17 heavy (non-hydrogen) atoms. The Hall–Kier alpha value is -1.71. The van der Waals surface area contributed by atoms with Crippen LogP contribution in [0.1, 0.15) is 26.3 Å². The number of hydrogen-bond acceptors (Lipinski definition) is 3. The Labute approximate surface area is 102 Å². The van der Waals surface area contributed by atoms with Gasteiger partial charge in [0.15, 0.2) is 0 Å². The number of nitrogens with zero attached hydrogens (tertiary/aromatic N) is 1. The molecule has 0 aliphatic heterocycles. The summed E-state index contributed by atoms with van der Waals surface area (Å²) in [6, 6.07) is 4.94. The van der Waals surface area contributed by atoms with Gasteiger partial charge in [-0.3, -0.25) is 4.90 Å². The van der Waals surface area contributed by atoms with Gasteiger partial charge in [-0.1, -0.05) is 6.07 Å². The molecule has 0 radical (unpaired) electrons. The molecule has 1 amide bonds. The van der Waals surface area contributed by atoms with Crippen LogP contribution in [0.15, 0.2) is 18.2 Å². The van der Waals surface area contributed by atoms with Gasteiger partial charge in [0.25, 0.3) is 0 Å². The lowest BCUT2D eigenvalue weighted by Crippen LogP contribution is -2.33. The van der Waals surface area contributed by atoms with Crippen molar-refractivity contribution in [1.29, 1.82) is 0 Å². The van der Waals surface area contributed by atoms with E-state index in [2.05, 4.69) is 0 Å². The first-order chi connectivity index (χ1) is 7.95. The van der Waals surface area contributed by atoms with Gasteiger partial charge in [0.05, 0.1) is 11.8 Å². The summed E-state index contributed by atoms with van der Waals surface area (Å²) in [6.45, 7) is 7.86. The Balaban J connectivity index is 3.00. The zero-order chi connectivity index (χ0) is 13.0. The van der Waals surface area contributed by atoms with Gasteiger partial charge in [-0.25, -0.2) is 4.79 Å². The number of aryl methyl sites for hydroxylation is 1. The number of phenols is 1. The molecule has 0 saturated carbocycles. The van der Waals surface area contributed by atoms with E-state index in [9.17, 15) is 9.90 Å². The van der Waals surface area contributed by atoms with E-state index in [1.54, 1.807) is 32.0 Å². The quantitative estimate of drug-likeness (QED) is 0.878. The summed E-state index contributed by atoms with van der Waals surface area (Å²) in [6.07, 6.45) is -0.551. The lowest BCUT2D eigenvalue weighted by Gasteiger charge is -2.23. The van der Waals surface area contributed by atoms with Gasteiger partial charge in [-0.2, -0.15) is 0 Å². The van der Waals surface area contributed by atoms with E-state index in [4.69, 9.17) is 4.74 Å². The summed E-state index contributed by atoms with van der Waals surface area (Å²) in [5, 5.41) is 9.47. The normalized spacial score (nSPS) is 10.4. The summed E-state index contributed by atoms with van der Waals surface area (Å²) in [5.74, 6) is 0.140. The maximum Gasteiger partial charge on any atom is 0.414 e. The molecule has 0 spiro atoms. The molecule has 0 fully saturated rings. The lowest BCUT2D eigenvalue weighted by atomic mass is 10.2. The topological polar surface area (TPSA) is 49.8 Å². The van der Waals surface area contributed by atoms with E-state index in [1.807, 2.05) is 13.8 Å². The van der Waals surface area contributed by atoms with Crippen LogP contribution in [-0.2, 0) is 4.74 Å².